The second kappa shape index (κ2) is 7.19. The lowest BCUT2D eigenvalue weighted by Crippen LogP contribution is -2.23. The molecule has 0 fully saturated rings. The van der Waals surface area contributed by atoms with Gasteiger partial charge in [-0.2, -0.15) is 10.5 Å². The van der Waals surface area contributed by atoms with Crippen molar-refractivity contribution in [1.29, 1.82) is 10.5 Å². The zero-order valence-corrected chi connectivity index (χ0v) is 11.5. The average molecular weight is 279 g/mol. The van der Waals surface area contributed by atoms with Crippen molar-refractivity contribution in [3.8, 4) is 12.1 Å². The first-order valence-corrected chi connectivity index (χ1v) is 6.54. The molecule has 0 atom stereocenters. The molecular formula is C17H14FN3. The van der Waals surface area contributed by atoms with Crippen LogP contribution in [0.2, 0.25) is 0 Å². The zero-order chi connectivity index (χ0) is 15.1. The number of nitrogens with zero attached hydrogens (tertiary/aromatic N) is 3. The van der Waals surface area contributed by atoms with E-state index in [2.05, 4.69) is 12.1 Å². The van der Waals surface area contributed by atoms with Crippen LogP contribution in [0, 0.1) is 28.5 Å². The molecule has 2 rings (SSSR count). The van der Waals surface area contributed by atoms with Gasteiger partial charge < -0.3 is 0 Å². The molecule has 104 valence electrons. The molecule has 0 aliphatic heterocycles. The summed E-state index contributed by atoms with van der Waals surface area (Å²) in [5.41, 5.74) is 2.45. The highest BCUT2D eigenvalue weighted by molar-refractivity contribution is 5.31. The molecule has 0 heterocycles. The van der Waals surface area contributed by atoms with Crippen LogP contribution >= 0.6 is 0 Å². The molecule has 0 bridgehead atoms. The van der Waals surface area contributed by atoms with Crippen molar-refractivity contribution in [2.75, 3.05) is 6.54 Å². The third-order valence-corrected chi connectivity index (χ3v) is 3.08. The number of hydrogen-bond donors (Lipinski definition) is 0. The maximum absolute atomic E-state index is 13.2. The van der Waals surface area contributed by atoms with Gasteiger partial charge in [-0.25, -0.2) is 4.39 Å². The van der Waals surface area contributed by atoms with Crippen molar-refractivity contribution in [3.63, 3.8) is 0 Å². The van der Waals surface area contributed by atoms with Gasteiger partial charge in [-0.1, -0.05) is 24.3 Å². The summed E-state index contributed by atoms with van der Waals surface area (Å²) < 4.78 is 13.2. The van der Waals surface area contributed by atoms with Crippen molar-refractivity contribution in [2.45, 2.75) is 13.1 Å². The van der Waals surface area contributed by atoms with Crippen molar-refractivity contribution in [3.05, 3.63) is 71.0 Å². The van der Waals surface area contributed by atoms with E-state index in [0.717, 1.165) is 11.1 Å². The zero-order valence-electron chi connectivity index (χ0n) is 11.5. The summed E-state index contributed by atoms with van der Waals surface area (Å²) in [7, 11) is 0. The Hall–Kier alpha value is -2.69. The minimum Gasteiger partial charge on any atom is -0.282 e. The molecule has 0 saturated carbocycles. The van der Waals surface area contributed by atoms with E-state index in [1.165, 1.54) is 12.1 Å². The summed E-state index contributed by atoms with van der Waals surface area (Å²) in [4.78, 5) is 1.93. The summed E-state index contributed by atoms with van der Waals surface area (Å²) in [5.74, 6) is -0.275. The molecule has 0 unspecified atom stereocenters. The van der Waals surface area contributed by atoms with Gasteiger partial charge in [0.05, 0.1) is 24.2 Å². The molecule has 0 aromatic heterocycles. The first-order chi connectivity index (χ1) is 10.2. The Labute approximate surface area is 123 Å². The van der Waals surface area contributed by atoms with Gasteiger partial charge in [0, 0.05) is 13.1 Å². The molecule has 4 heteroatoms. The van der Waals surface area contributed by atoms with Crippen LogP contribution in [0.4, 0.5) is 4.39 Å². The molecule has 2 aromatic carbocycles. The van der Waals surface area contributed by atoms with Gasteiger partial charge in [0.2, 0.25) is 0 Å². The minimum atomic E-state index is -0.275. The maximum Gasteiger partial charge on any atom is 0.123 e. The van der Waals surface area contributed by atoms with E-state index < -0.39 is 0 Å². The van der Waals surface area contributed by atoms with E-state index in [9.17, 15) is 4.39 Å². The average Bonchev–Trinajstić information content (AvgIpc) is 2.48. The summed E-state index contributed by atoms with van der Waals surface area (Å²) >= 11 is 0. The fourth-order valence-electron chi connectivity index (χ4n) is 2.10. The summed E-state index contributed by atoms with van der Waals surface area (Å²) in [6, 6.07) is 17.8. The fraction of sp³-hybridized carbons (Fsp3) is 0.176. The molecule has 3 nitrogen and oxygen atoms in total. The van der Waals surface area contributed by atoms with Gasteiger partial charge in [0.25, 0.3) is 0 Å². The Morgan fingerprint density at radius 2 is 1.67 bits per heavy atom. The molecule has 21 heavy (non-hydrogen) atoms. The SMILES string of the molecule is N#CCN(Cc1ccc(C#N)cc1)Cc1cccc(F)c1. The van der Waals surface area contributed by atoms with Gasteiger partial charge >= 0.3 is 0 Å². The van der Waals surface area contributed by atoms with Gasteiger partial charge in [-0.15, -0.1) is 0 Å². The van der Waals surface area contributed by atoms with E-state index in [1.54, 1.807) is 18.2 Å². The van der Waals surface area contributed by atoms with Crippen molar-refractivity contribution in [2.24, 2.45) is 0 Å². The molecule has 0 N–H and O–H groups in total. The minimum absolute atomic E-state index is 0.260. The van der Waals surface area contributed by atoms with E-state index in [-0.39, 0.29) is 12.4 Å². The maximum atomic E-state index is 13.2. The number of benzene rings is 2. The number of rotatable bonds is 5. The van der Waals surface area contributed by atoms with Crippen LogP contribution in [0.5, 0.6) is 0 Å². The first kappa shape index (κ1) is 14.7. The Morgan fingerprint density at radius 3 is 2.29 bits per heavy atom. The Balaban J connectivity index is 2.08. The predicted molar refractivity (Wildman–Crippen MR) is 77.3 cm³/mol. The molecule has 0 aliphatic carbocycles. The Morgan fingerprint density at radius 1 is 0.952 bits per heavy atom. The second-order valence-corrected chi connectivity index (χ2v) is 4.74. The van der Waals surface area contributed by atoms with E-state index in [1.807, 2.05) is 23.1 Å². The largest absolute Gasteiger partial charge is 0.282 e. The Bertz CT molecular complexity index is 680. The quantitative estimate of drug-likeness (QED) is 0.790. The van der Waals surface area contributed by atoms with Crippen LogP contribution in [-0.2, 0) is 13.1 Å². The number of halogens is 1. The highest BCUT2D eigenvalue weighted by Crippen LogP contribution is 2.12. The summed E-state index contributed by atoms with van der Waals surface area (Å²) in [6.45, 7) is 1.34. The van der Waals surface area contributed by atoms with E-state index in [4.69, 9.17) is 10.5 Å². The standard InChI is InChI=1S/C17H14FN3/c18-17-3-1-2-16(10-17)13-21(9-8-19)12-15-6-4-14(11-20)5-7-15/h1-7,10H,9,12-13H2. The summed E-state index contributed by atoms with van der Waals surface area (Å²) in [5, 5.41) is 17.7. The molecule has 2 aromatic rings. The smallest absolute Gasteiger partial charge is 0.123 e. The Kier molecular flexibility index (Phi) is 5.04. The van der Waals surface area contributed by atoms with Crippen molar-refractivity contribution >= 4 is 0 Å². The number of hydrogen-bond acceptors (Lipinski definition) is 3. The van der Waals surface area contributed by atoms with Crippen molar-refractivity contribution in [1.82, 2.24) is 4.90 Å². The van der Waals surface area contributed by atoms with Crippen LogP contribution in [0.15, 0.2) is 48.5 Å². The third kappa shape index (κ3) is 4.42. The van der Waals surface area contributed by atoms with Crippen molar-refractivity contribution < 1.29 is 4.39 Å². The topological polar surface area (TPSA) is 50.8 Å². The van der Waals surface area contributed by atoms with Gasteiger partial charge in [0.15, 0.2) is 0 Å². The highest BCUT2D eigenvalue weighted by atomic mass is 19.1. The van der Waals surface area contributed by atoms with Crippen LogP contribution in [0.1, 0.15) is 16.7 Å². The molecule has 0 amide bonds. The lowest BCUT2D eigenvalue weighted by atomic mass is 10.1. The molecular weight excluding hydrogens is 265 g/mol. The number of nitriles is 2. The third-order valence-electron chi connectivity index (χ3n) is 3.08. The molecule has 0 radical (unpaired) electrons. The monoisotopic (exact) mass is 279 g/mol. The lowest BCUT2D eigenvalue weighted by Gasteiger charge is -2.19. The van der Waals surface area contributed by atoms with E-state index in [0.29, 0.717) is 18.7 Å². The predicted octanol–water partition coefficient (Wildman–Crippen LogP) is 3.22. The summed E-state index contributed by atoms with van der Waals surface area (Å²) in [6.07, 6.45) is 0. The van der Waals surface area contributed by atoms with Gasteiger partial charge in [0.1, 0.15) is 5.82 Å². The fourth-order valence-corrected chi connectivity index (χ4v) is 2.10. The van der Waals surface area contributed by atoms with Crippen LogP contribution in [-0.4, -0.2) is 11.4 Å². The normalized spacial score (nSPS) is 10.1. The molecule has 0 saturated heterocycles. The van der Waals surface area contributed by atoms with Gasteiger partial charge in [-0.3, -0.25) is 4.90 Å². The van der Waals surface area contributed by atoms with Crippen LogP contribution in [0.3, 0.4) is 0 Å². The lowest BCUT2D eigenvalue weighted by molar-refractivity contribution is 0.289. The molecule has 0 spiro atoms. The van der Waals surface area contributed by atoms with Crippen LogP contribution < -0.4 is 0 Å². The van der Waals surface area contributed by atoms with E-state index >= 15 is 0 Å². The van der Waals surface area contributed by atoms with Crippen LogP contribution in [0.25, 0.3) is 0 Å². The van der Waals surface area contributed by atoms with Gasteiger partial charge in [-0.05, 0) is 35.4 Å². The first-order valence-electron chi connectivity index (χ1n) is 6.54. The molecule has 0 aliphatic rings. The second-order valence-electron chi connectivity index (χ2n) is 4.74. The highest BCUT2D eigenvalue weighted by Gasteiger charge is 2.07.